The maximum atomic E-state index is 12.1. The fraction of sp³-hybridized carbons (Fsp3) is 0.0370. The topological polar surface area (TPSA) is 67.4 Å². The number of amides is 2. The molecule has 5 heteroatoms. The molecule has 4 rings (SSSR count). The number of hydrogen-bond acceptors (Lipinski definition) is 3. The fourth-order valence-electron chi connectivity index (χ4n) is 3.36. The summed E-state index contributed by atoms with van der Waals surface area (Å²) in [5.41, 5.74) is 7.56. The maximum absolute atomic E-state index is 12.1. The molecule has 0 spiro atoms. The first-order valence-corrected chi connectivity index (χ1v) is 10.2. The van der Waals surface area contributed by atoms with Crippen molar-refractivity contribution in [3.05, 3.63) is 109 Å². The minimum absolute atomic E-state index is 0.225. The van der Waals surface area contributed by atoms with Crippen LogP contribution in [0.2, 0.25) is 0 Å². The van der Waals surface area contributed by atoms with Gasteiger partial charge in [-0.05, 0) is 34.0 Å². The first kappa shape index (κ1) is 20.9. The standard InChI is InChI=1S/C27H22N2O3/c30-26(18-17-22-13-8-12-20-11-4-5-14-23(20)22)28-29-27(31)19-32-25-16-7-6-15-24(25)21-9-2-1-3-10-21/h1-18H,19H2,(H,28,30)(H,29,31)/b18-17+. The third-order valence-electron chi connectivity index (χ3n) is 4.89. The molecule has 0 saturated carbocycles. The normalized spacial score (nSPS) is 10.8. The van der Waals surface area contributed by atoms with Crippen LogP contribution in [0, 0.1) is 0 Å². The van der Waals surface area contributed by atoms with Crippen molar-refractivity contribution in [2.75, 3.05) is 6.61 Å². The average Bonchev–Trinajstić information content (AvgIpc) is 2.85. The Kier molecular flexibility index (Phi) is 6.58. The van der Waals surface area contributed by atoms with Crippen molar-refractivity contribution in [1.29, 1.82) is 0 Å². The summed E-state index contributed by atoms with van der Waals surface area (Å²) in [5.74, 6) is -0.299. The van der Waals surface area contributed by atoms with Crippen molar-refractivity contribution in [3.63, 3.8) is 0 Å². The Hall–Kier alpha value is -4.38. The quantitative estimate of drug-likeness (QED) is 0.348. The van der Waals surface area contributed by atoms with Gasteiger partial charge in [-0.25, -0.2) is 0 Å². The van der Waals surface area contributed by atoms with Crippen molar-refractivity contribution < 1.29 is 14.3 Å². The molecule has 4 aromatic carbocycles. The number of carbonyl (C=O) groups excluding carboxylic acids is 2. The largest absolute Gasteiger partial charge is 0.483 e. The number of hydrogen-bond donors (Lipinski definition) is 2. The molecule has 0 unspecified atom stereocenters. The summed E-state index contributed by atoms with van der Waals surface area (Å²) in [6.07, 6.45) is 3.10. The molecule has 158 valence electrons. The Balaban J connectivity index is 1.31. The highest BCUT2D eigenvalue weighted by Gasteiger charge is 2.08. The summed E-state index contributed by atoms with van der Waals surface area (Å²) in [6, 6.07) is 31.1. The highest BCUT2D eigenvalue weighted by Crippen LogP contribution is 2.29. The molecule has 0 atom stereocenters. The molecule has 2 amide bonds. The number of rotatable bonds is 6. The van der Waals surface area contributed by atoms with E-state index in [1.54, 1.807) is 12.1 Å². The number of benzene rings is 4. The Labute approximate surface area is 186 Å². The molecule has 4 aromatic rings. The summed E-state index contributed by atoms with van der Waals surface area (Å²) in [6.45, 7) is -0.225. The van der Waals surface area contributed by atoms with Gasteiger partial charge in [0.2, 0.25) is 0 Å². The zero-order chi connectivity index (χ0) is 22.2. The molecule has 0 fully saturated rings. The van der Waals surface area contributed by atoms with Crippen LogP contribution in [-0.2, 0) is 9.59 Å². The predicted octanol–water partition coefficient (Wildman–Crippen LogP) is 4.75. The zero-order valence-corrected chi connectivity index (χ0v) is 17.3. The van der Waals surface area contributed by atoms with Gasteiger partial charge in [0.25, 0.3) is 11.8 Å². The second-order valence-corrected chi connectivity index (χ2v) is 7.09. The van der Waals surface area contributed by atoms with Crippen LogP contribution < -0.4 is 15.6 Å². The van der Waals surface area contributed by atoms with Crippen molar-refractivity contribution in [2.45, 2.75) is 0 Å². The zero-order valence-electron chi connectivity index (χ0n) is 17.3. The summed E-state index contributed by atoms with van der Waals surface area (Å²) in [7, 11) is 0. The minimum Gasteiger partial charge on any atom is -0.483 e. The van der Waals surface area contributed by atoms with Crippen molar-refractivity contribution in [3.8, 4) is 16.9 Å². The molecular weight excluding hydrogens is 400 g/mol. The SMILES string of the molecule is O=C(/C=C/c1cccc2ccccc12)NNC(=O)COc1ccccc1-c1ccccc1. The van der Waals surface area contributed by atoms with Crippen LogP contribution in [0.15, 0.2) is 103 Å². The van der Waals surface area contributed by atoms with Gasteiger partial charge in [-0.3, -0.25) is 20.4 Å². The molecule has 32 heavy (non-hydrogen) atoms. The Bertz CT molecular complexity index is 1260. The van der Waals surface area contributed by atoms with Gasteiger partial charge >= 0.3 is 0 Å². The summed E-state index contributed by atoms with van der Waals surface area (Å²) in [4.78, 5) is 24.3. The van der Waals surface area contributed by atoms with Gasteiger partial charge in [0.05, 0.1) is 0 Å². The van der Waals surface area contributed by atoms with E-state index in [-0.39, 0.29) is 6.61 Å². The third kappa shape index (κ3) is 5.21. The van der Waals surface area contributed by atoms with Crippen molar-refractivity contribution in [2.24, 2.45) is 0 Å². The van der Waals surface area contributed by atoms with E-state index < -0.39 is 11.8 Å². The molecule has 0 aliphatic carbocycles. The first-order valence-electron chi connectivity index (χ1n) is 10.2. The number of nitrogens with one attached hydrogen (secondary N) is 2. The van der Waals surface area contributed by atoms with E-state index in [2.05, 4.69) is 10.9 Å². The number of fused-ring (bicyclic) bond motifs is 1. The van der Waals surface area contributed by atoms with Crippen molar-refractivity contribution in [1.82, 2.24) is 10.9 Å². The summed E-state index contributed by atoms with van der Waals surface area (Å²) < 4.78 is 5.68. The second-order valence-electron chi connectivity index (χ2n) is 7.09. The minimum atomic E-state index is -0.459. The fourth-order valence-corrected chi connectivity index (χ4v) is 3.36. The Morgan fingerprint density at radius 2 is 1.47 bits per heavy atom. The van der Waals surface area contributed by atoms with Gasteiger partial charge in [0, 0.05) is 11.6 Å². The molecule has 0 heterocycles. The smallest absolute Gasteiger partial charge is 0.276 e. The van der Waals surface area contributed by atoms with Crippen LogP contribution >= 0.6 is 0 Å². The monoisotopic (exact) mass is 422 g/mol. The van der Waals surface area contributed by atoms with Gasteiger partial charge in [0.1, 0.15) is 5.75 Å². The van der Waals surface area contributed by atoms with Crippen LogP contribution in [0.5, 0.6) is 5.75 Å². The van der Waals surface area contributed by atoms with Gasteiger partial charge < -0.3 is 4.74 Å². The molecule has 0 aliphatic heterocycles. The molecule has 5 nitrogen and oxygen atoms in total. The highest BCUT2D eigenvalue weighted by atomic mass is 16.5. The number of hydrazine groups is 1. The summed E-state index contributed by atoms with van der Waals surface area (Å²) >= 11 is 0. The highest BCUT2D eigenvalue weighted by molar-refractivity contribution is 5.97. The van der Waals surface area contributed by atoms with Crippen LogP contribution in [0.3, 0.4) is 0 Å². The van der Waals surface area contributed by atoms with E-state index in [1.807, 2.05) is 91.0 Å². The lowest BCUT2D eigenvalue weighted by Gasteiger charge is -2.12. The van der Waals surface area contributed by atoms with E-state index in [4.69, 9.17) is 4.74 Å². The molecule has 2 N–H and O–H groups in total. The Morgan fingerprint density at radius 3 is 2.34 bits per heavy atom. The molecule has 0 radical (unpaired) electrons. The van der Waals surface area contributed by atoms with Crippen LogP contribution in [-0.4, -0.2) is 18.4 Å². The molecule has 0 bridgehead atoms. The Morgan fingerprint density at radius 1 is 0.750 bits per heavy atom. The van der Waals surface area contributed by atoms with E-state index >= 15 is 0 Å². The lowest BCUT2D eigenvalue weighted by atomic mass is 10.0. The van der Waals surface area contributed by atoms with E-state index in [0.717, 1.165) is 27.5 Å². The first-order chi connectivity index (χ1) is 15.7. The van der Waals surface area contributed by atoms with Gasteiger partial charge in [-0.2, -0.15) is 0 Å². The lowest BCUT2D eigenvalue weighted by molar-refractivity contribution is -0.128. The maximum Gasteiger partial charge on any atom is 0.276 e. The van der Waals surface area contributed by atoms with E-state index in [9.17, 15) is 9.59 Å². The van der Waals surface area contributed by atoms with Gasteiger partial charge in [-0.1, -0.05) is 91.0 Å². The number of para-hydroxylation sites is 1. The van der Waals surface area contributed by atoms with E-state index in [1.165, 1.54) is 6.08 Å². The average molecular weight is 422 g/mol. The van der Waals surface area contributed by atoms with Crippen LogP contribution in [0.25, 0.3) is 28.0 Å². The lowest BCUT2D eigenvalue weighted by Crippen LogP contribution is -2.43. The molecular formula is C27H22N2O3. The number of ether oxygens (including phenoxy) is 1. The molecule has 0 aromatic heterocycles. The molecule has 0 aliphatic rings. The van der Waals surface area contributed by atoms with Crippen LogP contribution in [0.1, 0.15) is 5.56 Å². The van der Waals surface area contributed by atoms with E-state index in [0.29, 0.717) is 5.75 Å². The second kappa shape index (κ2) is 10.1. The number of carbonyl (C=O) groups is 2. The van der Waals surface area contributed by atoms with Crippen LogP contribution in [0.4, 0.5) is 0 Å². The molecule has 0 saturated heterocycles. The van der Waals surface area contributed by atoms with Gasteiger partial charge in [-0.15, -0.1) is 0 Å². The van der Waals surface area contributed by atoms with Crippen molar-refractivity contribution >= 4 is 28.7 Å². The summed E-state index contributed by atoms with van der Waals surface area (Å²) in [5, 5.41) is 2.14. The van der Waals surface area contributed by atoms with Gasteiger partial charge in [0.15, 0.2) is 6.61 Å². The third-order valence-corrected chi connectivity index (χ3v) is 4.89. The predicted molar refractivity (Wildman–Crippen MR) is 127 cm³/mol.